The highest BCUT2D eigenvalue weighted by Crippen LogP contribution is 2.24. The van der Waals surface area contributed by atoms with Gasteiger partial charge in [-0.15, -0.1) is 0 Å². The zero-order chi connectivity index (χ0) is 12.5. The van der Waals surface area contributed by atoms with E-state index in [9.17, 15) is 17.9 Å². The number of sulfone groups is 1. The van der Waals surface area contributed by atoms with Gasteiger partial charge in [0.1, 0.15) is 5.82 Å². The summed E-state index contributed by atoms with van der Waals surface area (Å²) in [5, 5.41) is 9.94. The normalized spacial score (nSPS) is 24.7. The Balaban J connectivity index is 2.00. The van der Waals surface area contributed by atoms with Crippen molar-refractivity contribution < 1.29 is 17.9 Å². The second-order valence-corrected chi connectivity index (χ2v) is 6.79. The first kappa shape index (κ1) is 12.5. The maximum atomic E-state index is 12.9. The van der Waals surface area contributed by atoms with Gasteiger partial charge >= 0.3 is 0 Å². The molecule has 17 heavy (non-hydrogen) atoms. The van der Waals surface area contributed by atoms with Crippen LogP contribution in [0.5, 0.6) is 0 Å². The number of rotatable bonds is 3. The van der Waals surface area contributed by atoms with Crippen molar-refractivity contribution >= 4 is 9.84 Å². The van der Waals surface area contributed by atoms with Crippen LogP contribution in [0.3, 0.4) is 0 Å². The number of hydrogen-bond acceptors (Lipinski definition) is 3. The van der Waals surface area contributed by atoms with Gasteiger partial charge in [-0.2, -0.15) is 0 Å². The SMILES string of the molecule is O=S1(=O)CCC(C(O)Cc2cccc(F)c2)C1. The zero-order valence-corrected chi connectivity index (χ0v) is 10.2. The van der Waals surface area contributed by atoms with Crippen molar-refractivity contribution in [1.82, 2.24) is 0 Å². The Hall–Kier alpha value is -0.940. The molecular weight excluding hydrogens is 243 g/mol. The van der Waals surface area contributed by atoms with Gasteiger partial charge in [-0.1, -0.05) is 12.1 Å². The van der Waals surface area contributed by atoms with Crippen LogP contribution in [0.4, 0.5) is 4.39 Å². The van der Waals surface area contributed by atoms with Crippen LogP contribution < -0.4 is 0 Å². The van der Waals surface area contributed by atoms with Crippen LogP contribution in [0.15, 0.2) is 24.3 Å². The van der Waals surface area contributed by atoms with E-state index in [1.54, 1.807) is 12.1 Å². The summed E-state index contributed by atoms with van der Waals surface area (Å²) in [6.07, 6.45) is 0.0885. The highest BCUT2D eigenvalue weighted by Gasteiger charge is 2.32. The smallest absolute Gasteiger partial charge is 0.150 e. The molecule has 2 atom stereocenters. The van der Waals surface area contributed by atoms with Gasteiger partial charge in [-0.05, 0) is 30.5 Å². The molecule has 1 saturated heterocycles. The summed E-state index contributed by atoms with van der Waals surface area (Å²) in [4.78, 5) is 0. The minimum absolute atomic E-state index is 0.0451. The van der Waals surface area contributed by atoms with Crippen LogP contribution in [0.25, 0.3) is 0 Å². The van der Waals surface area contributed by atoms with E-state index in [0.29, 0.717) is 18.4 Å². The first-order valence-corrected chi connectivity index (χ1v) is 7.41. The minimum atomic E-state index is -2.98. The molecule has 1 aromatic rings. The number of aliphatic hydroxyl groups is 1. The van der Waals surface area contributed by atoms with Crippen molar-refractivity contribution in [3.05, 3.63) is 35.6 Å². The molecule has 1 aromatic carbocycles. The highest BCUT2D eigenvalue weighted by molar-refractivity contribution is 7.91. The maximum Gasteiger partial charge on any atom is 0.150 e. The third-order valence-corrected chi connectivity index (χ3v) is 4.94. The lowest BCUT2D eigenvalue weighted by atomic mass is 9.96. The number of hydrogen-bond donors (Lipinski definition) is 1. The van der Waals surface area contributed by atoms with Crippen LogP contribution in [0, 0.1) is 11.7 Å². The molecule has 0 saturated carbocycles. The van der Waals surface area contributed by atoms with Crippen molar-refractivity contribution in [2.24, 2.45) is 5.92 Å². The summed E-state index contributed by atoms with van der Waals surface area (Å²) < 4.78 is 35.5. The molecule has 1 N–H and O–H groups in total. The average Bonchev–Trinajstić information content (AvgIpc) is 2.59. The molecule has 1 fully saturated rings. The number of benzene rings is 1. The van der Waals surface area contributed by atoms with Crippen molar-refractivity contribution in [1.29, 1.82) is 0 Å². The largest absolute Gasteiger partial charge is 0.392 e. The fraction of sp³-hybridized carbons (Fsp3) is 0.500. The first-order valence-electron chi connectivity index (χ1n) is 5.59. The van der Waals surface area contributed by atoms with E-state index in [-0.39, 0.29) is 23.2 Å². The summed E-state index contributed by atoms with van der Waals surface area (Å²) in [6, 6.07) is 6.03. The van der Waals surface area contributed by atoms with E-state index in [4.69, 9.17) is 0 Å². The molecule has 0 bridgehead atoms. The third kappa shape index (κ3) is 3.26. The molecule has 1 aliphatic rings. The zero-order valence-electron chi connectivity index (χ0n) is 9.34. The van der Waals surface area contributed by atoms with Gasteiger partial charge in [-0.3, -0.25) is 0 Å². The Morgan fingerprint density at radius 2 is 2.24 bits per heavy atom. The maximum absolute atomic E-state index is 12.9. The Morgan fingerprint density at radius 3 is 2.82 bits per heavy atom. The van der Waals surface area contributed by atoms with E-state index < -0.39 is 15.9 Å². The van der Waals surface area contributed by atoms with E-state index in [0.717, 1.165) is 0 Å². The van der Waals surface area contributed by atoms with Crippen LogP contribution in [0.2, 0.25) is 0 Å². The lowest BCUT2D eigenvalue weighted by Gasteiger charge is -2.16. The van der Waals surface area contributed by atoms with Gasteiger partial charge in [0.15, 0.2) is 9.84 Å². The molecule has 0 spiro atoms. The molecular formula is C12H15FO3S. The van der Waals surface area contributed by atoms with E-state index in [1.165, 1.54) is 12.1 Å². The summed E-state index contributed by atoms with van der Waals surface area (Å²) in [5.41, 5.74) is 0.696. The van der Waals surface area contributed by atoms with Crippen LogP contribution in [-0.2, 0) is 16.3 Å². The second kappa shape index (κ2) is 4.74. The molecule has 1 aliphatic heterocycles. The molecule has 3 nitrogen and oxygen atoms in total. The average molecular weight is 258 g/mol. The van der Waals surface area contributed by atoms with E-state index in [2.05, 4.69) is 0 Å². The lowest BCUT2D eigenvalue weighted by molar-refractivity contribution is 0.120. The van der Waals surface area contributed by atoms with Crippen LogP contribution >= 0.6 is 0 Å². The fourth-order valence-corrected chi connectivity index (χ4v) is 4.07. The Labute approximate surface area is 100 Å². The van der Waals surface area contributed by atoms with Crippen molar-refractivity contribution in [2.75, 3.05) is 11.5 Å². The number of halogens is 1. The summed E-state index contributed by atoms with van der Waals surface area (Å²) in [6.45, 7) is 0. The molecule has 5 heteroatoms. The molecule has 1 heterocycles. The van der Waals surface area contributed by atoms with Crippen LogP contribution in [0.1, 0.15) is 12.0 Å². The Bertz CT molecular complexity index is 498. The monoisotopic (exact) mass is 258 g/mol. The third-order valence-electron chi connectivity index (χ3n) is 3.15. The molecule has 0 amide bonds. The second-order valence-electron chi connectivity index (χ2n) is 4.56. The lowest BCUT2D eigenvalue weighted by Crippen LogP contribution is -2.23. The van der Waals surface area contributed by atoms with Crippen molar-refractivity contribution in [3.8, 4) is 0 Å². The Kier molecular flexibility index (Phi) is 3.49. The van der Waals surface area contributed by atoms with Crippen LogP contribution in [-0.4, -0.2) is 31.1 Å². The summed E-state index contributed by atoms with van der Waals surface area (Å²) in [5.74, 6) is -0.363. The predicted molar refractivity (Wildman–Crippen MR) is 62.9 cm³/mol. The Morgan fingerprint density at radius 1 is 1.47 bits per heavy atom. The molecule has 0 aromatic heterocycles. The standard InChI is InChI=1S/C12H15FO3S/c13-11-3-1-2-9(6-11)7-12(14)10-4-5-17(15,16)8-10/h1-3,6,10,12,14H,4-5,7-8H2. The first-order chi connectivity index (χ1) is 7.96. The number of aliphatic hydroxyl groups excluding tert-OH is 1. The quantitative estimate of drug-likeness (QED) is 0.885. The van der Waals surface area contributed by atoms with Gasteiger partial charge < -0.3 is 5.11 Å². The van der Waals surface area contributed by atoms with E-state index >= 15 is 0 Å². The summed E-state index contributed by atoms with van der Waals surface area (Å²) >= 11 is 0. The highest BCUT2D eigenvalue weighted by atomic mass is 32.2. The van der Waals surface area contributed by atoms with Gasteiger partial charge in [0.25, 0.3) is 0 Å². The van der Waals surface area contributed by atoms with Crippen molar-refractivity contribution in [3.63, 3.8) is 0 Å². The van der Waals surface area contributed by atoms with E-state index in [1.807, 2.05) is 0 Å². The fourth-order valence-electron chi connectivity index (χ4n) is 2.20. The van der Waals surface area contributed by atoms with Gasteiger partial charge in [-0.25, -0.2) is 12.8 Å². The topological polar surface area (TPSA) is 54.4 Å². The summed E-state index contributed by atoms with van der Waals surface area (Å²) in [7, 11) is -2.98. The van der Waals surface area contributed by atoms with Gasteiger partial charge in [0.2, 0.25) is 0 Å². The van der Waals surface area contributed by atoms with Gasteiger partial charge in [0, 0.05) is 5.92 Å². The molecule has 2 unspecified atom stereocenters. The van der Waals surface area contributed by atoms with Crippen molar-refractivity contribution in [2.45, 2.75) is 18.9 Å². The minimum Gasteiger partial charge on any atom is -0.392 e. The molecule has 2 rings (SSSR count). The molecule has 94 valence electrons. The molecule has 0 radical (unpaired) electrons. The van der Waals surface area contributed by atoms with Gasteiger partial charge in [0.05, 0.1) is 17.6 Å². The predicted octanol–water partition coefficient (Wildman–Crippen LogP) is 1.16. The molecule has 0 aliphatic carbocycles.